The highest BCUT2D eigenvalue weighted by atomic mass is 32.1. The molecule has 0 radical (unpaired) electrons. The highest BCUT2D eigenvalue weighted by molar-refractivity contribution is 7.19. The fourth-order valence-corrected chi connectivity index (χ4v) is 3.41. The standard InChI is InChI=1S/C13H12N4OS2/c1-18-6-9-11(10-7-19-13(14)17-10)20-12(16-9)8-4-2-3-5-15-8/h2-5,7H,6H2,1H3,(H2,14,17). The van der Waals surface area contributed by atoms with Crippen molar-refractivity contribution in [3.05, 3.63) is 35.5 Å². The van der Waals surface area contributed by atoms with Crippen LogP contribution in [0.5, 0.6) is 0 Å². The lowest BCUT2D eigenvalue weighted by molar-refractivity contribution is 0.182. The SMILES string of the molecule is COCc1nc(-c2ccccn2)sc1-c1csc(N)n1. The number of anilines is 1. The van der Waals surface area contributed by atoms with Gasteiger partial charge in [0.1, 0.15) is 5.01 Å². The quantitative estimate of drug-likeness (QED) is 0.802. The van der Waals surface area contributed by atoms with Crippen LogP contribution in [0, 0.1) is 0 Å². The highest BCUT2D eigenvalue weighted by Gasteiger charge is 2.16. The summed E-state index contributed by atoms with van der Waals surface area (Å²) in [7, 11) is 1.65. The number of thiazole rings is 2. The predicted molar refractivity (Wildman–Crippen MR) is 81.6 cm³/mol. The Morgan fingerprint density at radius 1 is 1.25 bits per heavy atom. The smallest absolute Gasteiger partial charge is 0.180 e. The largest absolute Gasteiger partial charge is 0.378 e. The molecule has 2 N–H and O–H groups in total. The van der Waals surface area contributed by atoms with Gasteiger partial charge in [0.25, 0.3) is 0 Å². The number of nitrogens with zero attached hydrogens (tertiary/aromatic N) is 3. The van der Waals surface area contributed by atoms with Crippen molar-refractivity contribution in [2.24, 2.45) is 0 Å². The molecule has 0 aliphatic heterocycles. The number of aromatic nitrogens is 3. The van der Waals surface area contributed by atoms with Crippen LogP contribution in [0.3, 0.4) is 0 Å². The van der Waals surface area contributed by atoms with Gasteiger partial charge in [0.05, 0.1) is 28.6 Å². The molecule has 0 amide bonds. The van der Waals surface area contributed by atoms with Crippen LogP contribution in [0.15, 0.2) is 29.8 Å². The average Bonchev–Trinajstić information content (AvgIpc) is 3.07. The van der Waals surface area contributed by atoms with E-state index >= 15 is 0 Å². The van der Waals surface area contributed by atoms with Gasteiger partial charge in [0, 0.05) is 18.7 Å². The van der Waals surface area contributed by atoms with E-state index in [2.05, 4.69) is 15.0 Å². The molecule has 0 fully saturated rings. The number of pyridine rings is 1. The summed E-state index contributed by atoms with van der Waals surface area (Å²) < 4.78 is 5.21. The Bertz CT molecular complexity index is 708. The molecular weight excluding hydrogens is 292 g/mol. The van der Waals surface area contributed by atoms with Crippen molar-refractivity contribution in [3.8, 4) is 21.3 Å². The van der Waals surface area contributed by atoms with E-state index in [1.165, 1.54) is 11.3 Å². The molecule has 102 valence electrons. The Morgan fingerprint density at radius 3 is 2.80 bits per heavy atom. The van der Waals surface area contributed by atoms with Crippen LogP contribution in [0.4, 0.5) is 5.13 Å². The number of hydrogen-bond acceptors (Lipinski definition) is 7. The van der Waals surface area contributed by atoms with Crippen LogP contribution in [0.2, 0.25) is 0 Å². The molecule has 3 aromatic heterocycles. The van der Waals surface area contributed by atoms with Gasteiger partial charge in [-0.3, -0.25) is 4.98 Å². The van der Waals surface area contributed by atoms with Gasteiger partial charge < -0.3 is 10.5 Å². The summed E-state index contributed by atoms with van der Waals surface area (Å²) in [5.41, 5.74) is 8.27. The zero-order valence-corrected chi connectivity index (χ0v) is 12.4. The monoisotopic (exact) mass is 304 g/mol. The van der Waals surface area contributed by atoms with Crippen LogP contribution in [0.1, 0.15) is 5.69 Å². The van der Waals surface area contributed by atoms with Crippen molar-refractivity contribution in [2.45, 2.75) is 6.61 Å². The summed E-state index contributed by atoms with van der Waals surface area (Å²) in [6, 6.07) is 5.77. The lowest BCUT2D eigenvalue weighted by Crippen LogP contribution is -1.91. The topological polar surface area (TPSA) is 73.9 Å². The summed E-state index contributed by atoms with van der Waals surface area (Å²) in [6.07, 6.45) is 1.76. The maximum absolute atomic E-state index is 5.71. The summed E-state index contributed by atoms with van der Waals surface area (Å²) >= 11 is 2.97. The van der Waals surface area contributed by atoms with E-state index in [0.717, 1.165) is 27.0 Å². The molecule has 3 heterocycles. The lowest BCUT2D eigenvalue weighted by Gasteiger charge is -1.96. The minimum absolute atomic E-state index is 0.441. The molecule has 0 atom stereocenters. The molecule has 3 rings (SSSR count). The van der Waals surface area contributed by atoms with Crippen LogP contribution in [-0.2, 0) is 11.3 Å². The lowest BCUT2D eigenvalue weighted by atomic mass is 10.3. The second-order valence-electron chi connectivity index (χ2n) is 4.01. The molecular formula is C13H12N4OS2. The normalized spacial score (nSPS) is 10.8. The van der Waals surface area contributed by atoms with Crippen molar-refractivity contribution in [3.63, 3.8) is 0 Å². The van der Waals surface area contributed by atoms with Gasteiger partial charge in [-0.25, -0.2) is 9.97 Å². The molecule has 5 nitrogen and oxygen atoms in total. The van der Waals surface area contributed by atoms with Gasteiger partial charge >= 0.3 is 0 Å². The van der Waals surface area contributed by atoms with E-state index in [1.807, 2.05) is 23.6 Å². The van der Waals surface area contributed by atoms with Crippen molar-refractivity contribution < 1.29 is 4.74 Å². The van der Waals surface area contributed by atoms with Crippen LogP contribution < -0.4 is 5.73 Å². The van der Waals surface area contributed by atoms with Crippen LogP contribution in [-0.4, -0.2) is 22.1 Å². The van der Waals surface area contributed by atoms with Crippen molar-refractivity contribution in [2.75, 3.05) is 12.8 Å². The fraction of sp³-hybridized carbons (Fsp3) is 0.154. The van der Waals surface area contributed by atoms with E-state index in [4.69, 9.17) is 10.5 Å². The van der Waals surface area contributed by atoms with Crippen LogP contribution >= 0.6 is 22.7 Å². The Morgan fingerprint density at radius 2 is 2.15 bits per heavy atom. The van der Waals surface area contributed by atoms with E-state index in [-0.39, 0.29) is 0 Å². The number of ether oxygens (including phenoxy) is 1. The summed E-state index contributed by atoms with van der Waals surface area (Å²) in [4.78, 5) is 14.2. The maximum Gasteiger partial charge on any atom is 0.180 e. The number of rotatable bonds is 4. The van der Waals surface area contributed by atoms with Gasteiger partial charge in [-0.1, -0.05) is 6.07 Å². The van der Waals surface area contributed by atoms with Gasteiger partial charge in [0.2, 0.25) is 0 Å². The molecule has 3 aromatic rings. The van der Waals surface area contributed by atoms with Crippen LogP contribution in [0.25, 0.3) is 21.3 Å². The molecule has 0 aromatic carbocycles. The van der Waals surface area contributed by atoms with Crippen molar-refractivity contribution >= 4 is 27.8 Å². The Labute approximate surface area is 124 Å². The van der Waals surface area contributed by atoms with Gasteiger partial charge in [0.15, 0.2) is 5.13 Å². The summed E-state index contributed by atoms with van der Waals surface area (Å²) in [6.45, 7) is 0.441. The Hall–Kier alpha value is -1.83. The first-order chi connectivity index (χ1) is 9.78. The summed E-state index contributed by atoms with van der Waals surface area (Å²) in [5, 5.41) is 3.35. The Balaban J connectivity index is 2.07. The van der Waals surface area contributed by atoms with E-state index < -0.39 is 0 Å². The van der Waals surface area contributed by atoms with E-state index in [1.54, 1.807) is 24.6 Å². The minimum Gasteiger partial charge on any atom is -0.378 e. The van der Waals surface area contributed by atoms with Gasteiger partial charge in [-0.15, -0.1) is 22.7 Å². The third-order valence-electron chi connectivity index (χ3n) is 2.62. The maximum atomic E-state index is 5.71. The van der Waals surface area contributed by atoms with E-state index in [9.17, 15) is 0 Å². The second kappa shape index (κ2) is 5.66. The van der Waals surface area contributed by atoms with E-state index in [0.29, 0.717) is 11.7 Å². The molecule has 7 heteroatoms. The molecule has 0 saturated heterocycles. The number of nitrogens with two attached hydrogens (primary N) is 1. The second-order valence-corrected chi connectivity index (χ2v) is 5.90. The molecule has 0 aliphatic carbocycles. The zero-order valence-electron chi connectivity index (χ0n) is 10.7. The van der Waals surface area contributed by atoms with Gasteiger partial charge in [-0.05, 0) is 12.1 Å². The Kier molecular flexibility index (Phi) is 3.72. The predicted octanol–water partition coefficient (Wildman–Crippen LogP) is 3.06. The van der Waals surface area contributed by atoms with Gasteiger partial charge in [-0.2, -0.15) is 0 Å². The zero-order chi connectivity index (χ0) is 13.9. The molecule has 20 heavy (non-hydrogen) atoms. The minimum atomic E-state index is 0.441. The molecule has 0 aliphatic rings. The molecule has 0 spiro atoms. The van der Waals surface area contributed by atoms with Crippen molar-refractivity contribution in [1.82, 2.24) is 15.0 Å². The fourth-order valence-electron chi connectivity index (χ4n) is 1.78. The third kappa shape index (κ3) is 2.55. The first-order valence-electron chi connectivity index (χ1n) is 5.89. The van der Waals surface area contributed by atoms with Crippen molar-refractivity contribution in [1.29, 1.82) is 0 Å². The first kappa shape index (κ1) is 13.2. The number of methoxy groups -OCH3 is 1. The molecule has 0 saturated carbocycles. The molecule has 0 bridgehead atoms. The first-order valence-corrected chi connectivity index (χ1v) is 7.59. The average molecular weight is 304 g/mol. The third-order valence-corrected chi connectivity index (χ3v) is 4.43. The number of nitrogen functional groups attached to an aromatic ring is 1. The highest BCUT2D eigenvalue weighted by Crippen LogP contribution is 2.35. The number of hydrogen-bond donors (Lipinski definition) is 1. The molecule has 0 unspecified atom stereocenters. The summed E-state index contributed by atoms with van der Waals surface area (Å²) in [5.74, 6) is 0.